The molecular weight excluding hydrogens is 220 g/mol. The Morgan fingerprint density at radius 1 is 1.59 bits per heavy atom. The average molecular weight is 234 g/mol. The zero-order chi connectivity index (χ0) is 12.4. The summed E-state index contributed by atoms with van der Waals surface area (Å²) in [6.07, 6.45) is 3.78. The monoisotopic (exact) mass is 234 g/mol. The molecule has 17 heavy (non-hydrogen) atoms. The molecule has 0 bridgehead atoms. The highest BCUT2D eigenvalue weighted by Crippen LogP contribution is 2.20. The van der Waals surface area contributed by atoms with Crippen LogP contribution in [0, 0.1) is 0 Å². The van der Waals surface area contributed by atoms with E-state index in [1.165, 1.54) is 0 Å². The molecule has 90 valence electrons. The molecule has 2 aromatic rings. The molecule has 0 N–H and O–H groups in total. The number of carbonyl (C=O) groups is 1. The number of ketones is 1. The van der Waals surface area contributed by atoms with Crippen molar-refractivity contribution in [3.63, 3.8) is 0 Å². The first kappa shape index (κ1) is 11.5. The summed E-state index contributed by atoms with van der Waals surface area (Å²) in [4.78, 5) is 19.7. The molecule has 0 aliphatic carbocycles. The van der Waals surface area contributed by atoms with E-state index in [9.17, 15) is 4.79 Å². The minimum atomic E-state index is -0.352. The fourth-order valence-corrected chi connectivity index (χ4v) is 1.53. The molecule has 1 atom stereocenters. The molecule has 0 aliphatic heterocycles. The predicted octanol–water partition coefficient (Wildman–Crippen LogP) is 1.55. The lowest BCUT2D eigenvalue weighted by Crippen LogP contribution is -2.07. The fourth-order valence-electron chi connectivity index (χ4n) is 1.53. The molecule has 2 rings (SSSR count). The summed E-state index contributed by atoms with van der Waals surface area (Å²) in [5.41, 5.74) is 0.760. The normalized spacial score (nSPS) is 12.6. The van der Waals surface area contributed by atoms with Gasteiger partial charge in [-0.2, -0.15) is 4.98 Å². The third-order valence-electron chi connectivity index (χ3n) is 2.69. The van der Waals surface area contributed by atoms with Gasteiger partial charge in [0.05, 0.1) is 18.4 Å². The Hall–Kier alpha value is -1.98. The molecule has 6 nitrogen and oxygen atoms in total. The van der Waals surface area contributed by atoms with Crippen LogP contribution >= 0.6 is 0 Å². The van der Waals surface area contributed by atoms with Gasteiger partial charge < -0.3 is 9.09 Å². The van der Waals surface area contributed by atoms with Crippen LogP contribution < -0.4 is 0 Å². The molecule has 0 spiro atoms. The molecule has 0 saturated heterocycles. The number of aryl methyl sites for hydroxylation is 1. The van der Waals surface area contributed by atoms with Crippen molar-refractivity contribution in [3.8, 4) is 11.5 Å². The number of rotatable bonds is 4. The third-order valence-corrected chi connectivity index (χ3v) is 2.69. The Balaban J connectivity index is 2.28. The number of Topliss-reactive ketones (excluding diaryl/α,β-unsaturated/α-hetero) is 1. The summed E-state index contributed by atoms with van der Waals surface area (Å²) >= 11 is 0. The molecule has 2 heterocycles. The van der Waals surface area contributed by atoms with E-state index in [-0.39, 0.29) is 11.7 Å². The van der Waals surface area contributed by atoms with Crippen LogP contribution in [-0.2, 0) is 11.8 Å². The van der Waals surface area contributed by atoms with E-state index < -0.39 is 0 Å². The van der Waals surface area contributed by atoms with Gasteiger partial charge >= 0.3 is 0 Å². The van der Waals surface area contributed by atoms with Gasteiger partial charge in [-0.15, -0.1) is 0 Å². The van der Waals surface area contributed by atoms with E-state index in [1.54, 1.807) is 24.0 Å². The highest BCUT2D eigenvalue weighted by atomic mass is 16.5. The van der Waals surface area contributed by atoms with Crippen LogP contribution in [0.15, 0.2) is 17.0 Å². The van der Waals surface area contributed by atoms with Gasteiger partial charge in [0.15, 0.2) is 0 Å². The maximum Gasteiger partial charge on any atom is 0.237 e. The second-order valence-electron chi connectivity index (χ2n) is 3.89. The van der Waals surface area contributed by atoms with Crippen molar-refractivity contribution in [2.24, 2.45) is 7.05 Å². The topological polar surface area (TPSA) is 73.8 Å². The van der Waals surface area contributed by atoms with Crippen molar-refractivity contribution in [2.75, 3.05) is 0 Å². The molecule has 0 aliphatic rings. The SMILES string of the molecule is CCC(=O)C(C)c1nc(-c2cncn2C)no1. The molecule has 0 aromatic carbocycles. The van der Waals surface area contributed by atoms with Gasteiger partial charge in [0, 0.05) is 13.5 Å². The zero-order valence-electron chi connectivity index (χ0n) is 10.0. The lowest BCUT2D eigenvalue weighted by molar-refractivity contribution is -0.120. The van der Waals surface area contributed by atoms with E-state index in [2.05, 4.69) is 15.1 Å². The average Bonchev–Trinajstić information content (AvgIpc) is 2.95. The van der Waals surface area contributed by atoms with Crippen molar-refractivity contribution >= 4 is 5.78 Å². The third kappa shape index (κ3) is 2.11. The van der Waals surface area contributed by atoms with Crippen LogP contribution in [0.3, 0.4) is 0 Å². The van der Waals surface area contributed by atoms with Crippen molar-refractivity contribution < 1.29 is 9.32 Å². The van der Waals surface area contributed by atoms with Crippen LogP contribution in [-0.4, -0.2) is 25.5 Å². The van der Waals surface area contributed by atoms with Gasteiger partial charge in [0.2, 0.25) is 11.7 Å². The summed E-state index contributed by atoms with van der Waals surface area (Å²) in [6, 6.07) is 0. The maximum atomic E-state index is 11.5. The molecule has 0 saturated carbocycles. The van der Waals surface area contributed by atoms with Crippen molar-refractivity contribution in [3.05, 3.63) is 18.4 Å². The quantitative estimate of drug-likeness (QED) is 0.802. The lowest BCUT2D eigenvalue weighted by atomic mass is 10.1. The van der Waals surface area contributed by atoms with Gasteiger partial charge in [-0.3, -0.25) is 4.79 Å². The first-order valence-electron chi connectivity index (χ1n) is 5.46. The second kappa shape index (κ2) is 4.48. The number of nitrogens with zero attached hydrogens (tertiary/aromatic N) is 4. The van der Waals surface area contributed by atoms with E-state index in [0.29, 0.717) is 18.1 Å². The summed E-state index contributed by atoms with van der Waals surface area (Å²) in [6.45, 7) is 3.59. The van der Waals surface area contributed by atoms with E-state index in [1.807, 2.05) is 14.0 Å². The molecule has 2 aromatic heterocycles. The molecule has 0 fully saturated rings. The second-order valence-corrected chi connectivity index (χ2v) is 3.89. The van der Waals surface area contributed by atoms with Crippen LogP contribution in [0.5, 0.6) is 0 Å². The van der Waals surface area contributed by atoms with Crippen molar-refractivity contribution in [1.82, 2.24) is 19.7 Å². The number of hydrogen-bond acceptors (Lipinski definition) is 5. The molecule has 0 amide bonds. The summed E-state index contributed by atoms with van der Waals surface area (Å²) < 4.78 is 6.90. The number of carbonyl (C=O) groups excluding carboxylic acids is 1. The van der Waals surface area contributed by atoms with Gasteiger partial charge in [0.1, 0.15) is 11.5 Å². The van der Waals surface area contributed by atoms with E-state index >= 15 is 0 Å². The highest BCUT2D eigenvalue weighted by molar-refractivity contribution is 5.84. The van der Waals surface area contributed by atoms with Gasteiger partial charge in [-0.1, -0.05) is 12.1 Å². The molecule has 0 radical (unpaired) electrons. The first-order valence-corrected chi connectivity index (χ1v) is 5.46. The van der Waals surface area contributed by atoms with Crippen molar-refractivity contribution in [2.45, 2.75) is 26.2 Å². The van der Waals surface area contributed by atoms with Crippen LogP contribution in [0.2, 0.25) is 0 Å². The van der Waals surface area contributed by atoms with Crippen LogP contribution in [0.25, 0.3) is 11.5 Å². The number of hydrogen-bond donors (Lipinski definition) is 0. The molecule has 6 heteroatoms. The van der Waals surface area contributed by atoms with E-state index in [4.69, 9.17) is 4.52 Å². The Morgan fingerprint density at radius 2 is 2.35 bits per heavy atom. The molecule has 1 unspecified atom stereocenters. The maximum absolute atomic E-state index is 11.5. The number of aromatic nitrogens is 4. The minimum absolute atomic E-state index is 0.0882. The smallest absolute Gasteiger partial charge is 0.237 e. The van der Waals surface area contributed by atoms with Crippen molar-refractivity contribution in [1.29, 1.82) is 0 Å². The summed E-state index contributed by atoms with van der Waals surface area (Å²) in [7, 11) is 1.85. The summed E-state index contributed by atoms with van der Waals surface area (Å²) in [5.74, 6) is 0.545. The number of imidazole rings is 1. The van der Waals surface area contributed by atoms with Gasteiger partial charge in [-0.05, 0) is 6.92 Å². The van der Waals surface area contributed by atoms with Crippen LogP contribution in [0.1, 0.15) is 32.1 Å². The largest absolute Gasteiger partial charge is 0.338 e. The zero-order valence-corrected chi connectivity index (χ0v) is 10.0. The predicted molar refractivity (Wildman–Crippen MR) is 60.2 cm³/mol. The Kier molecular flexibility index (Phi) is 3.03. The standard InChI is InChI=1S/C11H14N4O2/c1-4-9(16)7(2)11-13-10(14-17-11)8-5-12-6-15(8)3/h5-7H,4H2,1-3H3. The van der Waals surface area contributed by atoms with Gasteiger partial charge in [-0.25, -0.2) is 4.98 Å². The Morgan fingerprint density at radius 3 is 2.94 bits per heavy atom. The fraction of sp³-hybridized carbons (Fsp3) is 0.455. The minimum Gasteiger partial charge on any atom is -0.338 e. The molecular formula is C11H14N4O2. The van der Waals surface area contributed by atoms with E-state index in [0.717, 1.165) is 5.69 Å². The first-order chi connectivity index (χ1) is 8.13. The summed E-state index contributed by atoms with van der Waals surface area (Å²) in [5, 5.41) is 3.86. The van der Waals surface area contributed by atoms with Gasteiger partial charge in [0.25, 0.3) is 0 Å². The highest BCUT2D eigenvalue weighted by Gasteiger charge is 2.21. The Bertz CT molecular complexity index is 529. The van der Waals surface area contributed by atoms with Crippen LogP contribution in [0.4, 0.5) is 0 Å². The lowest BCUT2D eigenvalue weighted by Gasteiger charge is -2.01. The Labute approximate surface area is 98.7 Å².